The Balaban J connectivity index is 2.25. The second-order valence-electron chi connectivity index (χ2n) is 4.98. The highest BCUT2D eigenvalue weighted by Gasteiger charge is 2.34. The fraction of sp³-hybridized carbons (Fsp3) is 0.400. The van der Waals surface area contributed by atoms with Gasteiger partial charge in [-0.05, 0) is 12.1 Å². The number of ether oxygens (including phenoxy) is 3. The topological polar surface area (TPSA) is 94.2 Å². The van der Waals surface area contributed by atoms with Crippen LogP contribution in [0.2, 0.25) is 0 Å². The normalized spacial score (nSPS) is 17.3. The van der Waals surface area contributed by atoms with Crippen LogP contribution in [0.4, 0.5) is 0 Å². The van der Waals surface area contributed by atoms with Gasteiger partial charge in [0.1, 0.15) is 11.5 Å². The number of hydrazine groups is 1. The third-order valence-electron chi connectivity index (χ3n) is 3.47. The number of hydrogen-bond donors (Lipinski definition) is 1. The Morgan fingerprint density at radius 3 is 2.26 bits per heavy atom. The van der Waals surface area contributed by atoms with Crippen molar-refractivity contribution in [3.8, 4) is 11.5 Å². The van der Waals surface area contributed by atoms with E-state index in [-0.39, 0.29) is 18.5 Å². The maximum absolute atomic E-state index is 12.6. The molecule has 1 atom stereocenters. The van der Waals surface area contributed by atoms with Gasteiger partial charge in [-0.2, -0.15) is 0 Å². The zero-order chi connectivity index (χ0) is 17.0. The first-order chi connectivity index (χ1) is 11.0. The van der Waals surface area contributed by atoms with Crippen molar-refractivity contribution in [2.45, 2.75) is 6.42 Å². The Kier molecular flexibility index (Phi) is 5.05. The average Bonchev–Trinajstić information content (AvgIpc) is 2.59. The third kappa shape index (κ3) is 3.71. The largest absolute Gasteiger partial charge is 0.497 e. The molecule has 2 rings (SSSR count). The van der Waals surface area contributed by atoms with E-state index in [1.807, 2.05) is 0 Å². The van der Waals surface area contributed by atoms with E-state index in [9.17, 15) is 14.4 Å². The van der Waals surface area contributed by atoms with Crippen LogP contribution >= 0.6 is 0 Å². The second kappa shape index (κ2) is 6.99. The summed E-state index contributed by atoms with van der Waals surface area (Å²) in [4.78, 5) is 35.9. The molecule has 124 valence electrons. The van der Waals surface area contributed by atoms with Gasteiger partial charge >= 0.3 is 5.97 Å². The van der Waals surface area contributed by atoms with Gasteiger partial charge in [0.05, 0.1) is 33.8 Å². The first-order valence-electron chi connectivity index (χ1n) is 6.90. The molecule has 1 aromatic carbocycles. The minimum absolute atomic E-state index is 0.0160. The van der Waals surface area contributed by atoms with Crippen LogP contribution in [0.3, 0.4) is 0 Å². The van der Waals surface area contributed by atoms with Crippen molar-refractivity contribution < 1.29 is 28.6 Å². The first-order valence-corrected chi connectivity index (χ1v) is 6.90. The summed E-state index contributed by atoms with van der Waals surface area (Å²) in [6.07, 6.45) is -0.0160. The summed E-state index contributed by atoms with van der Waals surface area (Å²) in [5.41, 5.74) is 2.72. The maximum atomic E-state index is 12.6. The molecule has 0 aromatic heterocycles. The van der Waals surface area contributed by atoms with E-state index in [0.29, 0.717) is 11.5 Å². The van der Waals surface area contributed by atoms with Crippen molar-refractivity contribution in [1.29, 1.82) is 0 Å². The minimum Gasteiger partial charge on any atom is -0.497 e. The number of hydrogen-bond acceptors (Lipinski definition) is 6. The summed E-state index contributed by atoms with van der Waals surface area (Å²) < 4.78 is 14.9. The first kappa shape index (κ1) is 16.6. The van der Waals surface area contributed by atoms with E-state index in [1.165, 1.54) is 33.5 Å². The van der Waals surface area contributed by atoms with Gasteiger partial charge in [-0.1, -0.05) is 0 Å². The number of nitrogens with one attached hydrogen (secondary N) is 1. The van der Waals surface area contributed by atoms with Crippen molar-refractivity contribution in [2.75, 3.05) is 27.9 Å². The molecule has 1 N–H and O–H groups in total. The summed E-state index contributed by atoms with van der Waals surface area (Å²) in [6, 6.07) is 4.68. The third-order valence-corrected chi connectivity index (χ3v) is 3.47. The molecule has 0 spiro atoms. The molecule has 0 saturated carbocycles. The van der Waals surface area contributed by atoms with E-state index in [4.69, 9.17) is 9.47 Å². The molecule has 1 aromatic rings. The van der Waals surface area contributed by atoms with E-state index in [2.05, 4.69) is 10.2 Å². The Hall–Kier alpha value is -2.77. The summed E-state index contributed by atoms with van der Waals surface area (Å²) >= 11 is 0. The number of amides is 2. The SMILES string of the molecule is COC(=O)C1CC(=O)NN(C(=O)c2cc(OC)cc(OC)c2)C1. The molecule has 8 heteroatoms. The molecule has 1 fully saturated rings. The molecule has 23 heavy (non-hydrogen) atoms. The van der Waals surface area contributed by atoms with Crippen LogP contribution in [0.1, 0.15) is 16.8 Å². The predicted octanol–water partition coefficient (Wildman–Crippen LogP) is 0.370. The summed E-state index contributed by atoms with van der Waals surface area (Å²) in [6.45, 7) is 0.0385. The summed E-state index contributed by atoms with van der Waals surface area (Å²) in [5, 5.41) is 1.10. The smallest absolute Gasteiger partial charge is 0.311 e. The zero-order valence-electron chi connectivity index (χ0n) is 13.1. The lowest BCUT2D eigenvalue weighted by molar-refractivity contribution is -0.151. The van der Waals surface area contributed by atoms with Crippen LogP contribution in [-0.4, -0.2) is 50.7 Å². The second-order valence-corrected chi connectivity index (χ2v) is 4.98. The van der Waals surface area contributed by atoms with Gasteiger partial charge in [-0.15, -0.1) is 0 Å². The van der Waals surface area contributed by atoms with Gasteiger partial charge in [-0.25, -0.2) is 5.01 Å². The lowest BCUT2D eigenvalue weighted by Crippen LogP contribution is -2.54. The summed E-state index contributed by atoms with van der Waals surface area (Å²) in [5.74, 6) is -1.22. The van der Waals surface area contributed by atoms with Gasteiger partial charge in [-0.3, -0.25) is 19.8 Å². The molecule has 1 aliphatic rings. The van der Waals surface area contributed by atoms with Gasteiger partial charge in [0.2, 0.25) is 5.91 Å². The Morgan fingerprint density at radius 1 is 1.13 bits per heavy atom. The highest BCUT2D eigenvalue weighted by Crippen LogP contribution is 2.24. The number of carbonyl (C=O) groups excluding carboxylic acids is 3. The maximum Gasteiger partial charge on any atom is 0.311 e. The van der Waals surface area contributed by atoms with Crippen LogP contribution in [0.25, 0.3) is 0 Å². The zero-order valence-corrected chi connectivity index (χ0v) is 13.1. The number of methoxy groups -OCH3 is 3. The highest BCUT2D eigenvalue weighted by atomic mass is 16.5. The number of nitrogens with zero attached hydrogens (tertiary/aromatic N) is 1. The lowest BCUT2D eigenvalue weighted by atomic mass is 10.0. The summed E-state index contributed by atoms with van der Waals surface area (Å²) in [7, 11) is 4.19. The van der Waals surface area contributed by atoms with Crippen LogP contribution in [-0.2, 0) is 14.3 Å². The van der Waals surface area contributed by atoms with Crippen LogP contribution in [0.15, 0.2) is 18.2 Å². The standard InChI is InChI=1S/C15H18N2O6/c1-21-11-4-9(5-12(7-11)22-2)14(19)17-8-10(15(20)23-3)6-13(18)16-17/h4-5,7,10H,6,8H2,1-3H3,(H,16,18). The molecule has 0 radical (unpaired) electrons. The van der Waals surface area contributed by atoms with E-state index in [1.54, 1.807) is 6.07 Å². The van der Waals surface area contributed by atoms with E-state index < -0.39 is 23.7 Å². The highest BCUT2D eigenvalue weighted by molar-refractivity contribution is 5.97. The molecule has 2 amide bonds. The number of rotatable bonds is 4. The van der Waals surface area contributed by atoms with Crippen molar-refractivity contribution in [1.82, 2.24) is 10.4 Å². The fourth-order valence-corrected chi connectivity index (χ4v) is 2.30. The molecule has 8 nitrogen and oxygen atoms in total. The number of esters is 1. The van der Waals surface area contributed by atoms with Gasteiger partial charge in [0.25, 0.3) is 5.91 Å². The molecule has 1 unspecified atom stereocenters. The van der Waals surface area contributed by atoms with Gasteiger partial charge in [0, 0.05) is 18.1 Å². The molecular weight excluding hydrogens is 304 g/mol. The van der Waals surface area contributed by atoms with E-state index in [0.717, 1.165) is 5.01 Å². The molecule has 1 heterocycles. The fourth-order valence-electron chi connectivity index (χ4n) is 2.30. The van der Waals surface area contributed by atoms with Gasteiger partial charge in [0.15, 0.2) is 0 Å². The predicted molar refractivity (Wildman–Crippen MR) is 78.8 cm³/mol. The van der Waals surface area contributed by atoms with Crippen molar-refractivity contribution >= 4 is 17.8 Å². The quantitative estimate of drug-likeness (QED) is 0.805. The molecule has 0 aliphatic carbocycles. The lowest BCUT2D eigenvalue weighted by Gasteiger charge is -2.31. The Bertz CT molecular complexity index is 608. The average molecular weight is 322 g/mol. The molecule has 1 saturated heterocycles. The Morgan fingerprint density at radius 2 is 1.74 bits per heavy atom. The monoisotopic (exact) mass is 322 g/mol. The van der Waals surface area contributed by atoms with Crippen LogP contribution in [0, 0.1) is 5.92 Å². The van der Waals surface area contributed by atoms with Crippen molar-refractivity contribution in [2.24, 2.45) is 5.92 Å². The Labute approximate surface area is 133 Å². The minimum atomic E-state index is -0.690. The van der Waals surface area contributed by atoms with Gasteiger partial charge < -0.3 is 14.2 Å². The molecule has 1 aliphatic heterocycles. The number of benzene rings is 1. The number of carbonyl (C=O) groups is 3. The molecule has 0 bridgehead atoms. The van der Waals surface area contributed by atoms with Crippen molar-refractivity contribution in [3.63, 3.8) is 0 Å². The molecular formula is C15H18N2O6. The van der Waals surface area contributed by atoms with E-state index >= 15 is 0 Å². The van der Waals surface area contributed by atoms with Crippen LogP contribution in [0.5, 0.6) is 11.5 Å². The van der Waals surface area contributed by atoms with Crippen molar-refractivity contribution in [3.05, 3.63) is 23.8 Å². The van der Waals surface area contributed by atoms with Crippen LogP contribution < -0.4 is 14.9 Å².